The van der Waals surface area contributed by atoms with Gasteiger partial charge in [0.2, 0.25) is 0 Å². The van der Waals surface area contributed by atoms with Crippen molar-refractivity contribution in [1.29, 1.82) is 0 Å². The lowest BCUT2D eigenvalue weighted by Crippen LogP contribution is -2.39. The SMILES string of the molecule is CCCC1(CCC)C2CC(O)CCC2C2CCC(O)CC21. The van der Waals surface area contributed by atoms with Crippen LogP contribution < -0.4 is 0 Å². The van der Waals surface area contributed by atoms with Crippen LogP contribution >= 0.6 is 0 Å². The second-order valence-electron chi connectivity index (χ2n) is 8.21. The van der Waals surface area contributed by atoms with E-state index in [1.165, 1.54) is 38.5 Å². The van der Waals surface area contributed by atoms with Crippen LogP contribution in [0.5, 0.6) is 0 Å². The minimum Gasteiger partial charge on any atom is -0.393 e. The topological polar surface area (TPSA) is 40.5 Å². The molecule has 2 heteroatoms. The van der Waals surface area contributed by atoms with Gasteiger partial charge in [0, 0.05) is 0 Å². The first kappa shape index (κ1) is 15.8. The lowest BCUT2D eigenvalue weighted by atomic mass is 9.60. The van der Waals surface area contributed by atoms with Crippen LogP contribution in [0.25, 0.3) is 0 Å². The van der Waals surface area contributed by atoms with Crippen molar-refractivity contribution in [2.24, 2.45) is 29.1 Å². The number of hydrogen-bond acceptors (Lipinski definition) is 2. The number of hydrogen-bond donors (Lipinski definition) is 2. The second kappa shape index (κ2) is 6.20. The van der Waals surface area contributed by atoms with E-state index in [0.29, 0.717) is 5.41 Å². The van der Waals surface area contributed by atoms with E-state index < -0.39 is 0 Å². The van der Waals surface area contributed by atoms with E-state index >= 15 is 0 Å². The molecule has 0 aromatic heterocycles. The first-order valence-electron chi connectivity index (χ1n) is 9.48. The molecule has 21 heavy (non-hydrogen) atoms. The zero-order valence-electron chi connectivity index (χ0n) is 13.9. The van der Waals surface area contributed by atoms with E-state index in [2.05, 4.69) is 13.8 Å². The van der Waals surface area contributed by atoms with Crippen LogP contribution in [0.3, 0.4) is 0 Å². The Labute approximate surface area is 130 Å². The molecule has 0 heterocycles. The van der Waals surface area contributed by atoms with Gasteiger partial charge in [-0.2, -0.15) is 0 Å². The summed E-state index contributed by atoms with van der Waals surface area (Å²) < 4.78 is 0. The molecule has 3 fully saturated rings. The molecule has 122 valence electrons. The molecule has 3 aliphatic rings. The van der Waals surface area contributed by atoms with Gasteiger partial charge in [0.1, 0.15) is 0 Å². The molecular weight excluding hydrogens is 260 g/mol. The molecule has 3 saturated carbocycles. The van der Waals surface area contributed by atoms with Gasteiger partial charge in [-0.25, -0.2) is 0 Å². The molecule has 0 radical (unpaired) electrons. The zero-order chi connectivity index (χ0) is 15.0. The minimum atomic E-state index is -0.0654. The Morgan fingerprint density at radius 2 is 1.19 bits per heavy atom. The average molecular weight is 294 g/mol. The maximum atomic E-state index is 10.3. The van der Waals surface area contributed by atoms with E-state index in [0.717, 1.165) is 49.4 Å². The third-order valence-electron chi connectivity index (χ3n) is 7.21. The molecule has 0 amide bonds. The highest BCUT2D eigenvalue weighted by molar-refractivity contribution is 5.09. The molecular formula is C19H34O2. The molecule has 0 spiro atoms. The molecule has 2 nitrogen and oxygen atoms in total. The molecule has 3 rings (SSSR count). The molecule has 3 aliphatic carbocycles. The molecule has 6 unspecified atom stereocenters. The van der Waals surface area contributed by atoms with Gasteiger partial charge in [-0.3, -0.25) is 0 Å². The fourth-order valence-corrected chi connectivity index (χ4v) is 6.76. The van der Waals surface area contributed by atoms with Crippen LogP contribution in [0, 0.1) is 29.1 Å². The smallest absolute Gasteiger partial charge is 0.0543 e. The minimum absolute atomic E-state index is 0.0654. The standard InChI is InChI=1S/C19H34O2/c1-3-9-19(10-4-2)17-11-13(20)5-7-15(17)16-8-6-14(21)12-18(16)19/h13-18,20-21H,3-12H2,1-2H3. The summed E-state index contributed by atoms with van der Waals surface area (Å²) >= 11 is 0. The van der Waals surface area contributed by atoms with Crippen molar-refractivity contribution in [3.05, 3.63) is 0 Å². The van der Waals surface area contributed by atoms with Crippen LogP contribution in [0.4, 0.5) is 0 Å². The van der Waals surface area contributed by atoms with Gasteiger partial charge in [0.25, 0.3) is 0 Å². The largest absolute Gasteiger partial charge is 0.393 e. The van der Waals surface area contributed by atoms with Crippen LogP contribution in [0.2, 0.25) is 0 Å². The van der Waals surface area contributed by atoms with Crippen molar-refractivity contribution in [3.63, 3.8) is 0 Å². The van der Waals surface area contributed by atoms with E-state index in [-0.39, 0.29) is 12.2 Å². The summed E-state index contributed by atoms with van der Waals surface area (Å²) in [5.74, 6) is 3.12. The monoisotopic (exact) mass is 294 g/mol. The number of aliphatic hydroxyl groups excluding tert-OH is 2. The lowest BCUT2D eigenvalue weighted by Gasteiger charge is -2.45. The summed E-state index contributed by atoms with van der Waals surface area (Å²) in [4.78, 5) is 0. The van der Waals surface area contributed by atoms with E-state index in [4.69, 9.17) is 0 Å². The molecule has 0 aliphatic heterocycles. The van der Waals surface area contributed by atoms with Crippen molar-refractivity contribution in [1.82, 2.24) is 0 Å². The third kappa shape index (κ3) is 2.57. The fourth-order valence-electron chi connectivity index (χ4n) is 6.76. The van der Waals surface area contributed by atoms with Gasteiger partial charge in [0.15, 0.2) is 0 Å². The molecule has 6 atom stereocenters. The normalized spacial score (nSPS) is 45.1. The van der Waals surface area contributed by atoms with Crippen LogP contribution in [0.1, 0.15) is 78.1 Å². The summed E-state index contributed by atoms with van der Waals surface area (Å²) in [6.07, 6.45) is 11.6. The van der Waals surface area contributed by atoms with Gasteiger partial charge in [-0.1, -0.05) is 26.7 Å². The summed E-state index contributed by atoms with van der Waals surface area (Å²) in [6.45, 7) is 4.64. The van der Waals surface area contributed by atoms with Gasteiger partial charge in [-0.15, -0.1) is 0 Å². The van der Waals surface area contributed by atoms with E-state index in [1.807, 2.05) is 0 Å². The molecule has 0 aromatic carbocycles. The Bertz CT molecular complexity index is 319. The van der Waals surface area contributed by atoms with E-state index in [9.17, 15) is 10.2 Å². The number of rotatable bonds is 4. The maximum Gasteiger partial charge on any atom is 0.0543 e. The van der Waals surface area contributed by atoms with Crippen molar-refractivity contribution in [3.8, 4) is 0 Å². The second-order valence-corrected chi connectivity index (χ2v) is 8.21. The lowest BCUT2D eigenvalue weighted by molar-refractivity contribution is -0.00470. The summed E-state index contributed by atoms with van der Waals surface area (Å²) in [5, 5.41) is 20.5. The first-order chi connectivity index (χ1) is 10.1. The van der Waals surface area contributed by atoms with Crippen molar-refractivity contribution >= 4 is 0 Å². The predicted octanol–water partition coefficient (Wildman–Crippen LogP) is 4.14. The quantitative estimate of drug-likeness (QED) is 0.818. The maximum absolute atomic E-state index is 10.3. The number of aliphatic hydroxyl groups is 2. The Balaban J connectivity index is 1.95. The summed E-state index contributed by atoms with van der Waals surface area (Å²) in [5.41, 5.74) is 0.418. The molecule has 0 saturated heterocycles. The van der Waals surface area contributed by atoms with Crippen molar-refractivity contribution in [2.75, 3.05) is 0 Å². The fraction of sp³-hybridized carbons (Fsp3) is 1.00. The van der Waals surface area contributed by atoms with E-state index in [1.54, 1.807) is 0 Å². The molecule has 2 N–H and O–H groups in total. The predicted molar refractivity (Wildman–Crippen MR) is 85.9 cm³/mol. The van der Waals surface area contributed by atoms with Gasteiger partial charge < -0.3 is 10.2 Å². The van der Waals surface area contributed by atoms with Crippen LogP contribution in [-0.2, 0) is 0 Å². The zero-order valence-corrected chi connectivity index (χ0v) is 13.9. The first-order valence-corrected chi connectivity index (χ1v) is 9.48. The van der Waals surface area contributed by atoms with Gasteiger partial charge in [0.05, 0.1) is 12.2 Å². The summed E-state index contributed by atoms with van der Waals surface area (Å²) in [6, 6.07) is 0. The summed E-state index contributed by atoms with van der Waals surface area (Å²) in [7, 11) is 0. The third-order valence-corrected chi connectivity index (χ3v) is 7.21. The Morgan fingerprint density at radius 3 is 1.57 bits per heavy atom. The van der Waals surface area contributed by atoms with Crippen molar-refractivity contribution in [2.45, 2.75) is 90.3 Å². The molecule has 0 bridgehead atoms. The Kier molecular flexibility index (Phi) is 4.66. The van der Waals surface area contributed by atoms with Crippen LogP contribution in [0.15, 0.2) is 0 Å². The van der Waals surface area contributed by atoms with Gasteiger partial charge >= 0.3 is 0 Å². The Morgan fingerprint density at radius 1 is 0.762 bits per heavy atom. The van der Waals surface area contributed by atoms with Crippen LogP contribution in [-0.4, -0.2) is 22.4 Å². The van der Waals surface area contributed by atoms with Crippen molar-refractivity contribution < 1.29 is 10.2 Å². The molecule has 0 aromatic rings. The Hall–Kier alpha value is -0.0800. The highest BCUT2D eigenvalue weighted by Crippen LogP contribution is 2.66. The highest BCUT2D eigenvalue weighted by Gasteiger charge is 2.60. The van der Waals surface area contributed by atoms with Gasteiger partial charge in [-0.05, 0) is 80.5 Å². The number of fused-ring (bicyclic) bond motifs is 3. The average Bonchev–Trinajstić information content (AvgIpc) is 2.70. The highest BCUT2D eigenvalue weighted by atomic mass is 16.3.